The van der Waals surface area contributed by atoms with Gasteiger partial charge in [-0.05, 0) is 31.5 Å². The first-order valence-corrected chi connectivity index (χ1v) is 5.74. The molecule has 0 atom stereocenters. The molecule has 1 rings (SSSR count). The summed E-state index contributed by atoms with van der Waals surface area (Å²) in [6.07, 6.45) is 1.13. The monoisotopic (exact) mass is 281 g/mol. The maximum Gasteiger partial charge on any atom is 0.163 e. The minimum absolute atomic E-state index is 0.0252. The van der Waals surface area contributed by atoms with Gasteiger partial charge in [-0.2, -0.15) is 5.26 Å². The summed E-state index contributed by atoms with van der Waals surface area (Å²) in [5.41, 5.74) is 0.570. The van der Waals surface area contributed by atoms with Gasteiger partial charge in [0.05, 0.1) is 18.2 Å². The molecule has 0 saturated heterocycles. The Morgan fingerprint density at radius 1 is 1.56 bits per heavy atom. The molecule has 0 saturated carbocycles. The first-order valence-electron chi connectivity index (χ1n) is 4.95. The van der Waals surface area contributed by atoms with E-state index < -0.39 is 0 Å². The van der Waals surface area contributed by atoms with Gasteiger partial charge in [0.1, 0.15) is 5.75 Å². The lowest BCUT2D eigenvalue weighted by Gasteiger charge is -2.09. The number of nitrogens with zero attached hydrogens (tertiary/aromatic N) is 1. The van der Waals surface area contributed by atoms with Crippen LogP contribution in [0.15, 0.2) is 22.7 Å². The Bertz CT molecular complexity index is 424. The minimum atomic E-state index is -0.0252. The lowest BCUT2D eigenvalue weighted by atomic mass is 10.1. The number of unbranched alkanes of at least 4 members (excludes halogenated alkanes) is 1. The van der Waals surface area contributed by atoms with Gasteiger partial charge in [-0.15, -0.1) is 0 Å². The number of carbonyl (C=O) groups is 1. The Morgan fingerprint density at radius 3 is 2.94 bits per heavy atom. The molecule has 0 aliphatic heterocycles. The van der Waals surface area contributed by atoms with Crippen LogP contribution in [-0.2, 0) is 0 Å². The molecule has 4 heteroatoms. The van der Waals surface area contributed by atoms with Crippen LogP contribution in [0, 0.1) is 11.3 Å². The van der Waals surface area contributed by atoms with Crippen LogP contribution in [0.3, 0.4) is 0 Å². The molecule has 1 aromatic rings. The van der Waals surface area contributed by atoms with Crippen LogP contribution < -0.4 is 4.74 Å². The van der Waals surface area contributed by atoms with Crippen LogP contribution in [0.25, 0.3) is 0 Å². The third-order valence-electron chi connectivity index (χ3n) is 2.01. The number of rotatable bonds is 5. The number of ketones is 1. The zero-order valence-corrected chi connectivity index (χ0v) is 10.6. The molecule has 0 N–H and O–H groups in total. The predicted octanol–water partition coefficient (Wildman–Crippen LogP) is 3.33. The SMILES string of the molecule is CC(=O)c1ccc(Br)cc1OCCCC#N. The Balaban J connectivity index is 2.73. The van der Waals surface area contributed by atoms with E-state index >= 15 is 0 Å². The molecule has 84 valence electrons. The molecule has 16 heavy (non-hydrogen) atoms. The third kappa shape index (κ3) is 3.67. The first-order chi connectivity index (χ1) is 7.65. The molecule has 3 nitrogen and oxygen atoms in total. The molecule has 0 amide bonds. The summed E-state index contributed by atoms with van der Waals surface area (Å²) in [5, 5.41) is 8.38. The zero-order valence-electron chi connectivity index (χ0n) is 9.00. The van der Waals surface area contributed by atoms with Crippen molar-refractivity contribution in [3.63, 3.8) is 0 Å². The fourth-order valence-electron chi connectivity index (χ4n) is 1.24. The van der Waals surface area contributed by atoms with Gasteiger partial charge < -0.3 is 4.74 Å². The standard InChI is InChI=1S/C12H12BrNO2/c1-9(15)11-5-4-10(13)8-12(11)16-7-3-2-6-14/h4-5,8H,2-3,7H2,1H3. The van der Waals surface area contributed by atoms with Crippen LogP contribution >= 0.6 is 15.9 Å². The van der Waals surface area contributed by atoms with Crippen molar-refractivity contribution in [1.29, 1.82) is 5.26 Å². The number of hydrogen-bond acceptors (Lipinski definition) is 3. The van der Waals surface area contributed by atoms with Crippen LogP contribution in [0.1, 0.15) is 30.1 Å². The van der Waals surface area contributed by atoms with Gasteiger partial charge in [-0.1, -0.05) is 15.9 Å². The summed E-state index contributed by atoms with van der Waals surface area (Å²) < 4.78 is 6.35. The number of benzene rings is 1. The second-order valence-corrected chi connectivity index (χ2v) is 4.22. The predicted molar refractivity (Wildman–Crippen MR) is 64.5 cm³/mol. The molecule has 0 aliphatic carbocycles. The second-order valence-electron chi connectivity index (χ2n) is 3.31. The topological polar surface area (TPSA) is 50.1 Å². The van der Waals surface area contributed by atoms with E-state index in [0.717, 1.165) is 4.47 Å². The van der Waals surface area contributed by atoms with Gasteiger partial charge in [0.2, 0.25) is 0 Å². The van der Waals surface area contributed by atoms with Gasteiger partial charge in [-0.25, -0.2) is 0 Å². The van der Waals surface area contributed by atoms with E-state index in [1.54, 1.807) is 18.2 Å². The van der Waals surface area contributed by atoms with Crippen molar-refractivity contribution < 1.29 is 9.53 Å². The number of nitriles is 1. The van der Waals surface area contributed by atoms with Crippen LogP contribution in [0.2, 0.25) is 0 Å². The van der Waals surface area contributed by atoms with Crippen LogP contribution in [-0.4, -0.2) is 12.4 Å². The summed E-state index contributed by atoms with van der Waals surface area (Å²) in [6.45, 7) is 1.95. The lowest BCUT2D eigenvalue weighted by Crippen LogP contribution is -2.02. The summed E-state index contributed by atoms with van der Waals surface area (Å²) in [6, 6.07) is 7.35. The fourth-order valence-corrected chi connectivity index (χ4v) is 1.58. The van der Waals surface area contributed by atoms with Gasteiger partial charge >= 0.3 is 0 Å². The van der Waals surface area contributed by atoms with E-state index in [4.69, 9.17) is 10.00 Å². The lowest BCUT2D eigenvalue weighted by molar-refractivity contribution is 0.101. The Kier molecular flexibility index (Phi) is 5.00. The van der Waals surface area contributed by atoms with Gasteiger partial charge in [-0.3, -0.25) is 4.79 Å². The first kappa shape index (κ1) is 12.7. The fraction of sp³-hybridized carbons (Fsp3) is 0.333. The molecule has 0 heterocycles. The molecule has 0 aromatic heterocycles. The van der Waals surface area contributed by atoms with E-state index in [9.17, 15) is 4.79 Å². The Morgan fingerprint density at radius 2 is 2.31 bits per heavy atom. The summed E-state index contributed by atoms with van der Waals surface area (Å²) >= 11 is 3.32. The van der Waals surface area contributed by atoms with Crippen molar-refractivity contribution in [2.24, 2.45) is 0 Å². The van der Waals surface area contributed by atoms with E-state index in [1.165, 1.54) is 6.92 Å². The highest BCUT2D eigenvalue weighted by molar-refractivity contribution is 9.10. The molecule has 0 bridgehead atoms. The third-order valence-corrected chi connectivity index (χ3v) is 2.51. The molecule has 0 aliphatic rings. The summed E-state index contributed by atoms with van der Waals surface area (Å²) in [4.78, 5) is 11.3. The minimum Gasteiger partial charge on any atom is -0.493 e. The van der Waals surface area contributed by atoms with Crippen molar-refractivity contribution in [3.05, 3.63) is 28.2 Å². The summed E-state index contributed by atoms with van der Waals surface area (Å²) in [7, 11) is 0. The quantitative estimate of drug-likeness (QED) is 0.614. The number of halogens is 1. The van der Waals surface area contributed by atoms with Gasteiger partial charge in [0.15, 0.2) is 5.78 Å². The van der Waals surface area contributed by atoms with Gasteiger partial charge in [0, 0.05) is 10.9 Å². The largest absolute Gasteiger partial charge is 0.493 e. The van der Waals surface area contributed by atoms with E-state index in [-0.39, 0.29) is 5.78 Å². The van der Waals surface area contributed by atoms with Crippen LogP contribution in [0.5, 0.6) is 5.75 Å². The molecule has 0 radical (unpaired) electrons. The molecular formula is C12H12BrNO2. The van der Waals surface area contributed by atoms with Crippen molar-refractivity contribution in [3.8, 4) is 11.8 Å². The second kappa shape index (κ2) is 6.29. The maximum atomic E-state index is 11.3. The summed E-state index contributed by atoms with van der Waals surface area (Å²) in [5.74, 6) is 0.544. The van der Waals surface area contributed by atoms with E-state index in [0.29, 0.717) is 30.8 Å². The number of Topliss-reactive ketones (excluding diaryl/α,β-unsaturated/α-hetero) is 1. The molecule has 0 unspecified atom stereocenters. The highest BCUT2D eigenvalue weighted by atomic mass is 79.9. The van der Waals surface area contributed by atoms with E-state index in [1.807, 2.05) is 6.07 Å². The van der Waals surface area contributed by atoms with Crippen molar-refractivity contribution in [2.45, 2.75) is 19.8 Å². The number of hydrogen-bond donors (Lipinski definition) is 0. The molecule has 0 spiro atoms. The highest BCUT2D eigenvalue weighted by Gasteiger charge is 2.08. The van der Waals surface area contributed by atoms with E-state index in [2.05, 4.69) is 15.9 Å². The Hall–Kier alpha value is -1.34. The van der Waals surface area contributed by atoms with Crippen molar-refractivity contribution in [1.82, 2.24) is 0 Å². The smallest absolute Gasteiger partial charge is 0.163 e. The number of ether oxygens (including phenoxy) is 1. The average Bonchev–Trinajstić information content (AvgIpc) is 2.24. The van der Waals surface area contributed by atoms with Crippen molar-refractivity contribution in [2.75, 3.05) is 6.61 Å². The normalized spacial score (nSPS) is 9.56. The number of carbonyl (C=O) groups excluding carboxylic acids is 1. The van der Waals surface area contributed by atoms with Crippen LogP contribution in [0.4, 0.5) is 0 Å². The maximum absolute atomic E-state index is 11.3. The zero-order chi connectivity index (χ0) is 12.0. The molecule has 1 aromatic carbocycles. The van der Waals surface area contributed by atoms with Gasteiger partial charge in [0.25, 0.3) is 0 Å². The average molecular weight is 282 g/mol. The molecule has 0 fully saturated rings. The molecular weight excluding hydrogens is 270 g/mol. The highest BCUT2D eigenvalue weighted by Crippen LogP contribution is 2.24. The Labute approximate surface area is 103 Å². The van der Waals surface area contributed by atoms with Crippen molar-refractivity contribution >= 4 is 21.7 Å².